The van der Waals surface area contributed by atoms with Crippen LogP contribution in [0.25, 0.3) is 11.3 Å². The van der Waals surface area contributed by atoms with Crippen LogP contribution in [0.4, 0.5) is 19.0 Å². The van der Waals surface area contributed by atoms with Gasteiger partial charge in [-0.2, -0.15) is 18.3 Å². The number of nitrogens with zero attached hydrogens (tertiary/aromatic N) is 3. The summed E-state index contributed by atoms with van der Waals surface area (Å²) in [6, 6.07) is 3.37. The molecule has 1 saturated heterocycles. The predicted molar refractivity (Wildman–Crippen MR) is 100 cm³/mol. The van der Waals surface area contributed by atoms with Crippen LogP contribution in [0.5, 0.6) is 0 Å². The van der Waals surface area contributed by atoms with E-state index in [1.165, 1.54) is 12.3 Å². The summed E-state index contributed by atoms with van der Waals surface area (Å²) in [5, 5.41) is 6.10. The molecule has 0 saturated carbocycles. The molecular formula is C19H16ClF3N4O2. The first-order valence-corrected chi connectivity index (χ1v) is 9.45. The first-order valence-electron chi connectivity index (χ1n) is 9.07. The van der Waals surface area contributed by atoms with Crippen molar-refractivity contribution < 1.29 is 22.8 Å². The number of alkyl halides is 3. The summed E-state index contributed by atoms with van der Waals surface area (Å²) in [6.45, 7) is 1.34. The zero-order valence-electron chi connectivity index (χ0n) is 15.1. The van der Waals surface area contributed by atoms with E-state index in [9.17, 15) is 22.8 Å². The lowest BCUT2D eigenvalue weighted by Crippen LogP contribution is -2.32. The van der Waals surface area contributed by atoms with Crippen molar-refractivity contribution in [2.45, 2.75) is 25.4 Å². The quantitative estimate of drug-likeness (QED) is 0.798. The summed E-state index contributed by atoms with van der Waals surface area (Å²) in [5.74, 6) is -1.21. The first kappa shape index (κ1) is 19.6. The minimum Gasteiger partial charge on any atom is -0.343 e. The maximum absolute atomic E-state index is 13.2. The Morgan fingerprint density at radius 2 is 2.00 bits per heavy atom. The maximum Gasteiger partial charge on any atom is 0.417 e. The molecular weight excluding hydrogens is 409 g/mol. The number of rotatable bonds is 3. The number of ketones is 1. The average molecular weight is 425 g/mol. The number of aromatic nitrogens is 2. The second-order valence-electron chi connectivity index (χ2n) is 7.03. The monoisotopic (exact) mass is 424 g/mol. The Morgan fingerprint density at radius 3 is 2.69 bits per heavy atom. The van der Waals surface area contributed by atoms with Crippen molar-refractivity contribution in [3.63, 3.8) is 0 Å². The van der Waals surface area contributed by atoms with E-state index in [1.54, 1.807) is 4.90 Å². The van der Waals surface area contributed by atoms with Gasteiger partial charge in [0.05, 0.1) is 27.8 Å². The van der Waals surface area contributed by atoms with Gasteiger partial charge in [0.25, 0.3) is 0 Å². The molecule has 10 heteroatoms. The van der Waals surface area contributed by atoms with Crippen molar-refractivity contribution in [2.75, 3.05) is 13.1 Å². The van der Waals surface area contributed by atoms with Crippen molar-refractivity contribution in [1.29, 1.82) is 0 Å². The highest BCUT2D eigenvalue weighted by Gasteiger charge is 2.36. The van der Waals surface area contributed by atoms with E-state index >= 15 is 0 Å². The Morgan fingerprint density at radius 1 is 1.28 bits per heavy atom. The molecule has 0 spiro atoms. The smallest absolute Gasteiger partial charge is 0.343 e. The van der Waals surface area contributed by atoms with Crippen molar-refractivity contribution in [2.24, 2.45) is 10.9 Å². The molecule has 1 fully saturated rings. The molecule has 1 aromatic heterocycles. The largest absolute Gasteiger partial charge is 0.417 e. The lowest BCUT2D eigenvalue weighted by Gasteiger charge is -2.20. The molecule has 1 atom stereocenters. The number of carbonyl (C=O) groups is 2. The van der Waals surface area contributed by atoms with Crippen LogP contribution < -0.4 is 0 Å². The van der Waals surface area contributed by atoms with Crippen molar-refractivity contribution >= 4 is 35.3 Å². The van der Waals surface area contributed by atoms with Gasteiger partial charge in [0.2, 0.25) is 5.91 Å². The van der Waals surface area contributed by atoms with E-state index in [0.29, 0.717) is 13.1 Å². The van der Waals surface area contributed by atoms with Crippen LogP contribution in [-0.2, 0) is 11.0 Å². The van der Waals surface area contributed by atoms with Crippen molar-refractivity contribution in [3.8, 4) is 11.3 Å². The first-order chi connectivity index (χ1) is 13.8. The van der Waals surface area contributed by atoms with E-state index in [2.05, 4.69) is 15.2 Å². The SMILES string of the molecule is O=C1c2c(n[nH]c2-c2ccc(Cl)c(C(F)(F)F)c2)N=CC1CC(=O)N1CCCC1. The van der Waals surface area contributed by atoms with Gasteiger partial charge in [-0.05, 0) is 25.0 Å². The van der Waals surface area contributed by atoms with E-state index < -0.39 is 28.5 Å². The fourth-order valence-electron chi connectivity index (χ4n) is 3.61. The summed E-state index contributed by atoms with van der Waals surface area (Å²) < 4.78 is 39.6. The minimum absolute atomic E-state index is 0.0270. The summed E-state index contributed by atoms with van der Waals surface area (Å²) in [6.07, 6.45) is -1.41. The van der Waals surface area contributed by atoms with Crippen LogP contribution in [0.15, 0.2) is 23.2 Å². The van der Waals surface area contributed by atoms with Gasteiger partial charge in [-0.25, -0.2) is 4.99 Å². The lowest BCUT2D eigenvalue weighted by atomic mass is 9.91. The lowest BCUT2D eigenvalue weighted by molar-refractivity contribution is -0.137. The van der Waals surface area contributed by atoms with Gasteiger partial charge in [0.1, 0.15) is 0 Å². The number of likely N-dealkylation sites (tertiary alicyclic amines) is 1. The van der Waals surface area contributed by atoms with E-state index in [1.807, 2.05) is 0 Å². The van der Waals surface area contributed by atoms with E-state index in [-0.39, 0.29) is 35.0 Å². The van der Waals surface area contributed by atoms with Crippen LogP contribution in [0.3, 0.4) is 0 Å². The second-order valence-corrected chi connectivity index (χ2v) is 7.44. The molecule has 1 unspecified atom stereocenters. The third-order valence-electron chi connectivity index (χ3n) is 5.12. The molecule has 6 nitrogen and oxygen atoms in total. The molecule has 3 heterocycles. The number of amides is 1. The number of hydrogen-bond acceptors (Lipinski definition) is 4. The second kappa shape index (κ2) is 7.29. The van der Waals surface area contributed by atoms with Gasteiger partial charge in [-0.1, -0.05) is 17.7 Å². The topological polar surface area (TPSA) is 78.4 Å². The van der Waals surface area contributed by atoms with Gasteiger partial charge in [0.15, 0.2) is 11.6 Å². The van der Waals surface area contributed by atoms with Crippen molar-refractivity contribution in [3.05, 3.63) is 34.3 Å². The fourth-order valence-corrected chi connectivity index (χ4v) is 3.83. The predicted octanol–water partition coefficient (Wildman–Crippen LogP) is 4.28. The van der Waals surface area contributed by atoms with Gasteiger partial charge in [0, 0.05) is 31.3 Å². The zero-order valence-corrected chi connectivity index (χ0v) is 15.8. The summed E-state index contributed by atoms with van der Waals surface area (Å²) >= 11 is 5.68. The van der Waals surface area contributed by atoms with Crippen LogP contribution in [-0.4, -0.2) is 46.1 Å². The Bertz CT molecular complexity index is 1010. The average Bonchev–Trinajstić information content (AvgIpc) is 3.33. The molecule has 1 N–H and O–H groups in total. The minimum atomic E-state index is -4.64. The number of aliphatic imine (C=N–C) groups is 1. The summed E-state index contributed by atoms with van der Waals surface area (Å²) in [4.78, 5) is 31.2. The molecule has 0 aliphatic carbocycles. The number of hydrogen-bond donors (Lipinski definition) is 1. The highest BCUT2D eigenvalue weighted by molar-refractivity contribution is 6.31. The van der Waals surface area contributed by atoms with Gasteiger partial charge < -0.3 is 4.90 Å². The Kier molecular flexibility index (Phi) is 4.94. The van der Waals surface area contributed by atoms with Gasteiger partial charge in [-0.3, -0.25) is 14.7 Å². The fraction of sp³-hybridized carbons (Fsp3) is 0.368. The Labute approximate surface area is 168 Å². The van der Waals surface area contributed by atoms with E-state index in [0.717, 1.165) is 25.0 Å². The number of benzene rings is 1. The molecule has 1 amide bonds. The highest BCUT2D eigenvalue weighted by atomic mass is 35.5. The molecule has 0 radical (unpaired) electrons. The third-order valence-corrected chi connectivity index (χ3v) is 5.45. The number of carbonyl (C=O) groups excluding carboxylic acids is 2. The summed E-state index contributed by atoms with van der Waals surface area (Å²) in [7, 11) is 0. The molecule has 4 rings (SSSR count). The zero-order chi connectivity index (χ0) is 20.8. The number of aromatic amines is 1. The molecule has 1 aromatic carbocycles. The highest BCUT2D eigenvalue weighted by Crippen LogP contribution is 2.39. The molecule has 2 aliphatic rings. The van der Waals surface area contributed by atoms with Crippen LogP contribution in [0.1, 0.15) is 35.2 Å². The Balaban J connectivity index is 1.65. The number of H-pyrrole nitrogens is 1. The maximum atomic E-state index is 13.2. The van der Waals surface area contributed by atoms with E-state index in [4.69, 9.17) is 11.6 Å². The molecule has 29 heavy (non-hydrogen) atoms. The standard InChI is InChI=1S/C19H16ClF3N4O2/c20-13-4-3-10(7-12(13)19(21,22)23)16-15-17(29)11(9-24-18(15)26-25-16)8-14(28)27-5-1-2-6-27/h3-4,7,9,11H,1-2,5-6,8H2,(H,25,26). The van der Waals surface area contributed by atoms with Crippen LogP contribution in [0.2, 0.25) is 5.02 Å². The Hall–Kier alpha value is -2.68. The number of Topliss-reactive ketones (excluding diaryl/α,β-unsaturated/α-hetero) is 1. The summed E-state index contributed by atoms with van der Waals surface area (Å²) in [5.41, 5.74) is -0.678. The molecule has 0 bridgehead atoms. The normalized spacial score (nSPS) is 19.0. The molecule has 2 aromatic rings. The number of fused-ring (bicyclic) bond motifs is 1. The third kappa shape index (κ3) is 3.66. The number of halogens is 4. The van der Waals surface area contributed by atoms with Crippen LogP contribution >= 0.6 is 11.6 Å². The van der Waals surface area contributed by atoms with Gasteiger partial charge in [-0.15, -0.1) is 0 Å². The van der Waals surface area contributed by atoms with Crippen molar-refractivity contribution in [1.82, 2.24) is 15.1 Å². The molecule has 2 aliphatic heterocycles. The number of nitrogens with one attached hydrogen (secondary N) is 1. The van der Waals surface area contributed by atoms with Crippen LogP contribution in [0, 0.1) is 5.92 Å². The van der Waals surface area contributed by atoms with Gasteiger partial charge >= 0.3 is 6.18 Å². The molecule has 152 valence electrons.